The zero-order valence-corrected chi connectivity index (χ0v) is 12.5. The lowest BCUT2D eigenvalue weighted by Crippen LogP contribution is -2.22. The van der Waals surface area contributed by atoms with Crippen LogP contribution in [0.2, 0.25) is 0 Å². The highest BCUT2D eigenvalue weighted by Gasteiger charge is 2.16. The summed E-state index contributed by atoms with van der Waals surface area (Å²) in [7, 11) is 0. The molecule has 102 valence electrons. The largest absolute Gasteiger partial charge is 0.492 e. The maximum Gasteiger partial charge on any atom is 0.137 e. The first kappa shape index (κ1) is 14.0. The molecule has 19 heavy (non-hydrogen) atoms. The second-order valence-electron chi connectivity index (χ2n) is 4.39. The Balaban J connectivity index is 2.33. The lowest BCUT2D eigenvalue weighted by Gasteiger charge is -2.19. The molecule has 0 saturated heterocycles. The van der Waals surface area contributed by atoms with Crippen molar-refractivity contribution in [3.8, 4) is 5.75 Å². The fraction of sp³-hybridized carbons (Fsp3) is 0.400. The molecule has 2 rings (SSSR count). The summed E-state index contributed by atoms with van der Waals surface area (Å²) in [5.74, 6) is 0.829. The summed E-state index contributed by atoms with van der Waals surface area (Å²) in [6.45, 7) is 7.83. The Labute approximate surface area is 118 Å². The van der Waals surface area contributed by atoms with Crippen LogP contribution >= 0.6 is 11.3 Å². The molecular weight excluding hydrogens is 256 g/mol. The third kappa shape index (κ3) is 3.33. The van der Waals surface area contributed by atoms with Gasteiger partial charge in [0.1, 0.15) is 5.75 Å². The highest BCUT2D eigenvalue weighted by molar-refractivity contribution is 7.08. The van der Waals surface area contributed by atoms with Crippen molar-refractivity contribution in [2.45, 2.75) is 26.8 Å². The third-order valence-electron chi connectivity index (χ3n) is 2.99. The predicted octanol–water partition coefficient (Wildman–Crippen LogP) is 3.55. The normalized spacial score (nSPS) is 12.4. The Bertz CT molecular complexity index is 524. The van der Waals surface area contributed by atoms with Gasteiger partial charge in [-0.1, -0.05) is 6.92 Å². The minimum Gasteiger partial charge on any atom is -0.492 e. The Kier molecular flexibility index (Phi) is 4.93. The zero-order chi connectivity index (χ0) is 13.7. The summed E-state index contributed by atoms with van der Waals surface area (Å²) >= 11 is 1.74. The van der Waals surface area contributed by atoms with Crippen LogP contribution in [0.3, 0.4) is 0 Å². The van der Waals surface area contributed by atoms with Crippen LogP contribution in [0.5, 0.6) is 5.75 Å². The molecule has 0 bridgehead atoms. The fourth-order valence-electron chi connectivity index (χ4n) is 2.12. The number of aromatic nitrogens is 1. The van der Waals surface area contributed by atoms with Crippen molar-refractivity contribution in [1.82, 2.24) is 10.3 Å². The van der Waals surface area contributed by atoms with E-state index in [4.69, 9.17) is 4.74 Å². The van der Waals surface area contributed by atoms with Crippen molar-refractivity contribution in [2.75, 3.05) is 13.2 Å². The average Bonchev–Trinajstić information content (AvgIpc) is 2.83. The summed E-state index contributed by atoms with van der Waals surface area (Å²) in [6, 6.07) is 2.25. The maximum atomic E-state index is 5.53. The molecule has 2 aromatic heterocycles. The van der Waals surface area contributed by atoms with Crippen LogP contribution in [0.25, 0.3) is 0 Å². The van der Waals surface area contributed by atoms with E-state index in [-0.39, 0.29) is 6.04 Å². The van der Waals surface area contributed by atoms with Crippen molar-refractivity contribution in [3.63, 3.8) is 0 Å². The molecule has 0 fully saturated rings. The number of nitrogens with one attached hydrogen (secondary N) is 1. The van der Waals surface area contributed by atoms with Crippen molar-refractivity contribution in [2.24, 2.45) is 0 Å². The lowest BCUT2D eigenvalue weighted by atomic mass is 10.00. The lowest BCUT2D eigenvalue weighted by molar-refractivity contribution is 0.338. The number of ether oxygens (including phenoxy) is 1. The van der Waals surface area contributed by atoms with Crippen molar-refractivity contribution >= 4 is 11.3 Å². The van der Waals surface area contributed by atoms with Gasteiger partial charge in [-0.3, -0.25) is 4.98 Å². The first-order valence-corrected chi connectivity index (χ1v) is 7.54. The van der Waals surface area contributed by atoms with Crippen LogP contribution in [-0.2, 0) is 0 Å². The fourth-order valence-corrected chi connectivity index (χ4v) is 2.99. The summed E-state index contributed by atoms with van der Waals surface area (Å²) in [4.78, 5) is 4.28. The Morgan fingerprint density at radius 2 is 2.16 bits per heavy atom. The van der Waals surface area contributed by atoms with E-state index >= 15 is 0 Å². The number of hydrogen-bond donors (Lipinski definition) is 1. The second-order valence-corrected chi connectivity index (χ2v) is 5.13. The number of rotatable bonds is 6. The zero-order valence-electron chi connectivity index (χ0n) is 11.6. The minimum absolute atomic E-state index is 0.184. The monoisotopic (exact) mass is 276 g/mol. The SMILES string of the molecule is CCNC(c1cncc(OCC)c1)c1cscc1C. The number of pyridine rings is 1. The van der Waals surface area contributed by atoms with E-state index in [0.29, 0.717) is 6.61 Å². The highest BCUT2D eigenvalue weighted by Crippen LogP contribution is 2.28. The molecule has 1 unspecified atom stereocenters. The van der Waals surface area contributed by atoms with Gasteiger partial charge in [0.05, 0.1) is 18.8 Å². The summed E-state index contributed by atoms with van der Waals surface area (Å²) in [6.07, 6.45) is 3.67. The van der Waals surface area contributed by atoms with E-state index in [9.17, 15) is 0 Å². The topological polar surface area (TPSA) is 34.2 Å². The van der Waals surface area contributed by atoms with Crippen molar-refractivity contribution in [1.29, 1.82) is 0 Å². The maximum absolute atomic E-state index is 5.53. The van der Waals surface area contributed by atoms with Gasteiger partial charge in [0, 0.05) is 6.20 Å². The average molecular weight is 276 g/mol. The van der Waals surface area contributed by atoms with Crippen LogP contribution < -0.4 is 10.1 Å². The van der Waals surface area contributed by atoms with Gasteiger partial charge < -0.3 is 10.1 Å². The Morgan fingerprint density at radius 3 is 2.79 bits per heavy atom. The standard InChI is InChI=1S/C15H20N2OS/c1-4-17-15(14-10-19-9-11(14)3)12-6-13(18-5-2)8-16-7-12/h6-10,15,17H,4-5H2,1-3H3. The third-order valence-corrected chi connectivity index (χ3v) is 3.87. The van der Waals surface area contributed by atoms with E-state index in [1.54, 1.807) is 17.5 Å². The first-order chi connectivity index (χ1) is 9.26. The molecule has 0 amide bonds. The number of aryl methyl sites for hydroxylation is 1. The number of nitrogens with zero attached hydrogens (tertiary/aromatic N) is 1. The second kappa shape index (κ2) is 6.68. The molecule has 0 aliphatic heterocycles. The van der Waals surface area contributed by atoms with Gasteiger partial charge in [0.25, 0.3) is 0 Å². The quantitative estimate of drug-likeness (QED) is 0.876. The molecule has 0 saturated carbocycles. The highest BCUT2D eigenvalue weighted by atomic mass is 32.1. The molecule has 2 aromatic rings. The van der Waals surface area contributed by atoms with Gasteiger partial charge in [-0.25, -0.2) is 0 Å². The van der Waals surface area contributed by atoms with E-state index in [2.05, 4.69) is 41.0 Å². The molecule has 0 aromatic carbocycles. The van der Waals surface area contributed by atoms with E-state index in [0.717, 1.165) is 17.9 Å². The Hall–Kier alpha value is -1.39. The molecule has 1 N–H and O–H groups in total. The van der Waals surface area contributed by atoms with E-state index in [1.807, 2.05) is 13.1 Å². The van der Waals surface area contributed by atoms with Gasteiger partial charge >= 0.3 is 0 Å². The molecule has 2 heterocycles. The van der Waals surface area contributed by atoms with Crippen LogP contribution in [0, 0.1) is 6.92 Å². The van der Waals surface area contributed by atoms with Gasteiger partial charge in [0.2, 0.25) is 0 Å². The first-order valence-electron chi connectivity index (χ1n) is 6.60. The molecule has 0 spiro atoms. The molecule has 1 atom stereocenters. The van der Waals surface area contributed by atoms with Crippen LogP contribution in [-0.4, -0.2) is 18.1 Å². The predicted molar refractivity (Wildman–Crippen MR) is 80.0 cm³/mol. The van der Waals surface area contributed by atoms with Crippen LogP contribution in [0.4, 0.5) is 0 Å². The number of thiophene rings is 1. The number of hydrogen-bond acceptors (Lipinski definition) is 4. The van der Waals surface area contributed by atoms with Crippen molar-refractivity contribution in [3.05, 3.63) is 45.9 Å². The summed E-state index contributed by atoms with van der Waals surface area (Å²) < 4.78 is 5.53. The molecule has 0 radical (unpaired) electrons. The van der Waals surface area contributed by atoms with Gasteiger partial charge in [-0.2, -0.15) is 11.3 Å². The van der Waals surface area contributed by atoms with E-state index in [1.165, 1.54) is 11.1 Å². The van der Waals surface area contributed by atoms with E-state index < -0.39 is 0 Å². The molecule has 0 aliphatic rings. The van der Waals surface area contributed by atoms with Crippen LogP contribution in [0.15, 0.2) is 29.2 Å². The smallest absolute Gasteiger partial charge is 0.137 e. The molecular formula is C15H20N2OS. The van der Waals surface area contributed by atoms with Gasteiger partial charge in [-0.15, -0.1) is 0 Å². The van der Waals surface area contributed by atoms with Crippen LogP contribution in [0.1, 0.15) is 36.6 Å². The minimum atomic E-state index is 0.184. The Morgan fingerprint density at radius 1 is 1.32 bits per heavy atom. The van der Waals surface area contributed by atoms with Gasteiger partial charge in [0.15, 0.2) is 0 Å². The molecule has 0 aliphatic carbocycles. The molecule has 3 nitrogen and oxygen atoms in total. The summed E-state index contributed by atoms with van der Waals surface area (Å²) in [5, 5.41) is 7.91. The van der Waals surface area contributed by atoms with Gasteiger partial charge in [-0.05, 0) is 53.9 Å². The van der Waals surface area contributed by atoms with Crippen molar-refractivity contribution < 1.29 is 4.74 Å². The summed E-state index contributed by atoms with van der Waals surface area (Å²) in [5.41, 5.74) is 3.79. The molecule has 4 heteroatoms.